The molecule has 0 aromatic heterocycles. The van der Waals surface area contributed by atoms with Crippen LogP contribution in [0.3, 0.4) is 0 Å². The molecular weight excluding hydrogens is 346 g/mol. The Morgan fingerprint density at radius 3 is 2.32 bits per heavy atom. The fourth-order valence-corrected chi connectivity index (χ4v) is 2.58. The van der Waals surface area contributed by atoms with Crippen molar-refractivity contribution in [3.63, 3.8) is 0 Å². The summed E-state index contributed by atoms with van der Waals surface area (Å²) in [5.41, 5.74) is 1.89. The van der Waals surface area contributed by atoms with E-state index in [1.165, 1.54) is 11.1 Å². The van der Waals surface area contributed by atoms with Crippen molar-refractivity contribution in [2.24, 2.45) is 5.92 Å². The number of carbonyl (C=O) groups excluding carboxylic acids is 1. The van der Waals surface area contributed by atoms with Crippen LogP contribution in [0, 0.1) is 19.8 Å². The van der Waals surface area contributed by atoms with Gasteiger partial charge in [-0.05, 0) is 57.9 Å². The van der Waals surface area contributed by atoms with E-state index in [1.807, 2.05) is 32.9 Å². The number of hydrogen-bond donors (Lipinski definition) is 0. The molecule has 1 aromatic rings. The summed E-state index contributed by atoms with van der Waals surface area (Å²) in [6.07, 6.45) is -0.237. The zero-order valence-electron chi connectivity index (χ0n) is 13.9. The maximum Gasteiger partial charge on any atom is 0.410 e. The van der Waals surface area contributed by atoms with E-state index in [0.717, 1.165) is 10.2 Å². The van der Waals surface area contributed by atoms with Crippen molar-refractivity contribution >= 4 is 22.0 Å². The average molecular weight is 370 g/mol. The van der Waals surface area contributed by atoms with Crippen LogP contribution in [0.2, 0.25) is 0 Å². The molecule has 5 heteroatoms. The summed E-state index contributed by atoms with van der Waals surface area (Å²) in [6, 6.07) is 4.06. The third-order valence-electron chi connectivity index (χ3n) is 3.50. The van der Waals surface area contributed by atoms with Crippen LogP contribution in [0.15, 0.2) is 16.6 Å². The molecular formula is C17H24BrNO3. The lowest BCUT2D eigenvalue weighted by atomic mass is 10.0. The van der Waals surface area contributed by atoms with Crippen molar-refractivity contribution in [2.75, 3.05) is 19.7 Å². The van der Waals surface area contributed by atoms with Gasteiger partial charge < -0.3 is 14.4 Å². The van der Waals surface area contributed by atoms with Gasteiger partial charge in [0.2, 0.25) is 0 Å². The number of amides is 1. The van der Waals surface area contributed by atoms with Gasteiger partial charge in [0.15, 0.2) is 0 Å². The van der Waals surface area contributed by atoms with E-state index in [2.05, 4.69) is 29.8 Å². The van der Waals surface area contributed by atoms with E-state index in [-0.39, 0.29) is 6.09 Å². The number of likely N-dealkylation sites (tertiary alicyclic amines) is 1. The minimum Gasteiger partial charge on any atom is -0.493 e. The zero-order valence-corrected chi connectivity index (χ0v) is 15.5. The van der Waals surface area contributed by atoms with Crippen LogP contribution in [0.5, 0.6) is 5.75 Å². The number of hydrogen-bond acceptors (Lipinski definition) is 3. The normalized spacial score (nSPS) is 15.5. The maximum absolute atomic E-state index is 11.8. The van der Waals surface area contributed by atoms with Crippen LogP contribution in [-0.2, 0) is 4.74 Å². The standard InChI is InChI=1S/C17H24BrNO3/c1-11-6-14(7-12(2)15(11)18)21-10-13-8-19(9-13)16(20)22-17(3,4)5/h6-7,13H,8-10H2,1-5H3. The van der Waals surface area contributed by atoms with Gasteiger partial charge in [-0.2, -0.15) is 0 Å². The van der Waals surface area contributed by atoms with Gasteiger partial charge in [-0.1, -0.05) is 15.9 Å². The van der Waals surface area contributed by atoms with Crippen molar-refractivity contribution in [3.05, 3.63) is 27.7 Å². The molecule has 122 valence electrons. The smallest absolute Gasteiger partial charge is 0.410 e. The quantitative estimate of drug-likeness (QED) is 0.796. The van der Waals surface area contributed by atoms with Gasteiger partial charge in [0, 0.05) is 23.5 Å². The van der Waals surface area contributed by atoms with Crippen LogP contribution in [-0.4, -0.2) is 36.3 Å². The van der Waals surface area contributed by atoms with Crippen LogP contribution in [0.1, 0.15) is 31.9 Å². The number of aryl methyl sites for hydroxylation is 2. The third kappa shape index (κ3) is 4.38. The maximum atomic E-state index is 11.8. The van der Waals surface area contributed by atoms with E-state index in [4.69, 9.17) is 9.47 Å². The SMILES string of the molecule is Cc1cc(OCC2CN(C(=O)OC(C)(C)C)C2)cc(C)c1Br. The zero-order chi connectivity index (χ0) is 16.5. The Kier molecular flexibility index (Phi) is 5.05. The first-order chi connectivity index (χ1) is 10.2. The minimum atomic E-state index is -0.439. The van der Waals surface area contributed by atoms with E-state index in [1.54, 1.807) is 4.90 Å². The monoisotopic (exact) mass is 369 g/mol. The molecule has 0 bridgehead atoms. The summed E-state index contributed by atoms with van der Waals surface area (Å²) < 4.78 is 12.3. The van der Waals surface area contributed by atoms with E-state index >= 15 is 0 Å². The number of ether oxygens (including phenoxy) is 2. The molecule has 1 heterocycles. The fourth-order valence-electron chi connectivity index (χ4n) is 2.35. The van der Waals surface area contributed by atoms with Crippen molar-refractivity contribution in [3.8, 4) is 5.75 Å². The molecule has 0 aliphatic carbocycles. The summed E-state index contributed by atoms with van der Waals surface area (Å²) in [6.45, 7) is 11.8. The second-order valence-corrected chi connectivity index (χ2v) is 7.73. The summed E-state index contributed by atoms with van der Waals surface area (Å²) in [7, 11) is 0. The Morgan fingerprint density at radius 1 is 1.27 bits per heavy atom. The molecule has 0 unspecified atom stereocenters. The lowest BCUT2D eigenvalue weighted by Crippen LogP contribution is -2.53. The first kappa shape index (κ1) is 17.1. The van der Waals surface area contributed by atoms with E-state index < -0.39 is 5.60 Å². The molecule has 2 rings (SSSR count). The molecule has 1 saturated heterocycles. The highest BCUT2D eigenvalue weighted by Crippen LogP contribution is 2.27. The minimum absolute atomic E-state index is 0.237. The largest absolute Gasteiger partial charge is 0.493 e. The summed E-state index contributed by atoms with van der Waals surface area (Å²) in [5, 5.41) is 0. The van der Waals surface area contributed by atoms with Crippen molar-refractivity contribution in [2.45, 2.75) is 40.2 Å². The second-order valence-electron chi connectivity index (χ2n) is 6.93. The number of carbonyl (C=O) groups is 1. The fraction of sp³-hybridized carbons (Fsp3) is 0.588. The van der Waals surface area contributed by atoms with Crippen LogP contribution >= 0.6 is 15.9 Å². The van der Waals surface area contributed by atoms with Crippen molar-refractivity contribution in [1.82, 2.24) is 4.90 Å². The predicted molar refractivity (Wildman–Crippen MR) is 90.4 cm³/mol. The van der Waals surface area contributed by atoms with Gasteiger partial charge in [-0.15, -0.1) is 0 Å². The lowest BCUT2D eigenvalue weighted by molar-refractivity contribution is -0.00781. The Morgan fingerprint density at radius 2 is 1.82 bits per heavy atom. The topological polar surface area (TPSA) is 38.8 Å². The summed E-state index contributed by atoms with van der Waals surface area (Å²) in [4.78, 5) is 13.6. The molecule has 0 saturated carbocycles. The molecule has 0 atom stereocenters. The molecule has 22 heavy (non-hydrogen) atoms. The number of halogens is 1. The molecule has 1 fully saturated rings. The second kappa shape index (κ2) is 6.49. The molecule has 4 nitrogen and oxygen atoms in total. The molecule has 1 aliphatic rings. The average Bonchev–Trinajstić information content (AvgIpc) is 2.31. The molecule has 1 amide bonds. The van der Waals surface area contributed by atoms with Gasteiger partial charge in [0.05, 0.1) is 6.61 Å². The first-order valence-corrected chi connectivity index (χ1v) is 8.32. The highest BCUT2D eigenvalue weighted by Gasteiger charge is 2.34. The van der Waals surface area contributed by atoms with Gasteiger partial charge in [0.1, 0.15) is 11.4 Å². The van der Waals surface area contributed by atoms with Gasteiger partial charge in [-0.3, -0.25) is 0 Å². The third-order valence-corrected chi connectivity index (χ3v) is 4.76. The Balaban J connectivity index is 1.78. The van der Waals surface area contributed by atoms with Gasteiger partial charge in [-0.25, -0.2) is 4.79 Å². The van der Waals surface area contributed by atoms with E-state index in [0.29, 0.717) is 25.6 Å². The number of rotatable bonds is 3. The molecule has 0 spiro atoms. The van der Waals surface area contributed by atoms with Crippen LogP contribution in [0.4, 0.5) is 4.79 Å². The van der Waals surface area contributed by atoms with E-state index in [9.17, 15) is 4.79 Å². The Bertz CT molecular complexity index is 537. The molecule has 0 N–H and O–H groups in total. The van der Waals surface area contributed by atoms with Gasteiger partial charge in [0.25, 0.3) is 0 Å². The first-order valence-electron chi connectivity index (χ1n) is 7.53. The molecule has 1 aliphatic heterocycles. The number of nitrogens with zero attached hydrogens (tertiary/aromatic N) is 1. The lowest BCUT2D eigenvalue weighted by Gasteiger charge is -2.39. The Labute approximate surface area is 140 Å². The van der Waals surface area contributed by atoms with Crippen LogP contribution in [0.25, 0.3) is 0 Å². The predicted octanol–water partition coefficient (Wildman–Crippen LogP) is 4.31. The Hall–Kier alpha value is -1.23. The number of benzene rings is 1. The van der Waals surface area contributed by atoms with Gasteiger partial charge >= 0.3 is 6.09 Å². The van der Waals surface area contributed by atoms with Crippen molar-refractivity contribution in [1.29, 1.82) is 0 Å². The molecule has 1 aromatic carbocycles. The highest BCUT2D eigenvalue weighted by atomic mass is 79.9. The summed E-state index contributed by atoms with van der Waals surface area (Å²) in [5.74, 6) is 1.26. The highest BCUT2D eigenvalue weighted by molar-refractivity contribution is 9.10. The van der Waals surface area contributed by atoms with Crippen LogP contribution < -0.4 is 4.74 Å². The van der Waals surface area contributed by atoms with Crippen molar-refractivity contribution < 1.29 is 14.3 Å². The summed E-state index contributed by atoms with van der Waals surface area (Å²) >= 11 is 3.55. The molecule has 0 radical (unpaired) electrons.